The van der Waals surface area contributed by atoms with Gasteiger partial charge in [0, 0.05) is 12.2 Å². The van der Waals surface area contributed by atoms with Crippen LogP contribution in [0.5, 0.6) is 0 Å². The van der Waals surface area contributed by atoms with Crippen LogP contribution in [0.3, 0.4) is 0 Å². The SMILES string of the molecule is Cc1ccc(NC(=O)NCC2(C(=O)O)CCCC2)cn1. The summed E-state index contributed by atoms with van der Waals surface area (Å²) < 4.78 is 0. The highest BCUT2D eigenvalue weighted by atomic mass is 16.4. The second-order valence-corrected chi connectivity index (χ2v) is 5.29. The highest BCUT2D eigenvalue weighted by Gasteiger charge is 2.41. The lowest BCUT2D eigenvalue weighted by atomic mass is 9.86. The van der Waals surface area contributed by atoms with Crippen molar-refractivity contribution in [2.45, 2.75) is 32.6 Å². The van der Waals surface area contributed by atoms with Crippen molar-refractivity contribution in [3.8, 4) is 0 Å². The minimum absolute atomic E-state index is 0.160. The molecule has 2 rings (SSSR count). The zero-order valence-corrected chi connectivity index (χ0v) is 11.5. The molecule has 0 saturated heterocycles. The van der Waals surface area contributed by atoms with Gasteiger partial charge in [-0.1, -0.05) is 12.8 Å². The van der Waals surface area contributed by atoms with Gasteiger partial charge in [0.05, 0.1) is 17.3 Å². The first-order valence-electron chi connectivity index (χ1n) is 6.73. The molecule has 1 fully saturated rings. The van der Waals surface area contributed by atoms with Crippen LogP contribution in [0.1, 0.15) is 31.4 Å². The fourth-order valence-electron chi connectivity index (χ4n) is 2.48. The number of nitrogens with zero attached hydrogens (tertiary/aromatic N) is 1. The number of aliphatic carboxylic acids is 1. The van der Waals surface area contributed by atoms with E-state index in [4.69, 9.17) is 0 Å². The number of anilines is 1. The smallest absolute Gasteiger partial charge is 0.319 e. The monoisotopic (exact) mass is 277 g/mol. The maximum absolute atomic E-state index is 11.8. The van der Waals surface area contributed by atoms with Gasteiger partial charge in [0.2, 0.25) is 0 Å². The molecule has 6 heteroatoms. The molecule has 0 unspecified atom stereocenters. The van der Waals surface area contributed by atoms with Crippen molar-refractivity contribution in [2.24, 2.45) is 5.41 Å². The van der Waals surface area contributed by atoms with E-state index in [1.807, 2.05) is 6.92 Å². The van der Waals surface area contributed by atoms with Crippen LogP contribution in [0, 0.1) is 12.3 Å². The van der Waals surface area contributed by atoms with Gasteiger partial charge >= 0.3 is 12.0 Å². The quantitative estimate of drug-likeness (QED) is 0.786. The number of hydrogen-bond acceptors (Lipinski definition) is 3. The summed E-state index contributed by atoms with van der Waals surface area (Å²) in [5.74, 6) is -0.827. The Balaban J connectivity index is 1.88. The molecule has 3 N–H and O–H groups in total. The van der Waals surface area contributed by atoms with Gasteiger partial charge in [-0.25, -0.2) is 4.79 Å². The topological polar surface area (TPSA) is 91.3 Å². The minimum atomic E-state index is -0.827. The van der Waals surface area contributed by atoms with E-state index in [9.17, 15) is 14.7 Å². The number of carboxylic acid groups (broad SMARTS) is 1. The van der Waals surface area contributed by atoms with E-state index in [-0.39, 0.29) is 6.54 Å². The molecule has 6 nitrogen and oxygen atoms in total. The molecule has 0 atom stereocenters. The highest BCUT2D eigenvalue weighted by molar-refractivity contribution is 5.89. The molecule has 20 heavy (non-hydrogen) atoms. The van der Waals surface area contributed by atoms with Crippen LogP contribution in [-0.4, -0.2) is 28.6 Å². The van der Waals surface area contributed by atoms with Crippen molar-refractivity contribution < 1.29 is 14.7 Å². The average molecular weight is 277 g/mol. The van der Waals surface area contributed by atoms with E-state index < -0.39 is 17.4 Å². The molecule has 2 amide bonds. The normalized spacial score (nSPS) is 16.6. The Bertz CT molecular complexity index is 493. The maximum Gasteiger partial charge on any atom is 0.319 e. The number of rotatable bonds is 4. The Morgan fingerprint density at radius 2 is 2.05 bits per heavy atom. The van der Waals surface area contributed by atoms with Gasteiger partial charge < -0.3 is 15.7 Å². The Kier molecular flexibility index (Phi) is 4.22. The van der Waals surface area contributed by atoms with Crippen LogP contribution < -0.4 is 10.6 Å². The number of carboxylic acids is 1. The number of nitrogens with one attached hydrogen (secondary N) is 2. The average Bonchev–Trinajstić information content (AvgIpc) is 2.89. The van der Waals surface area contributed by atoms with Crippen LogP contribution >= 0.6 is 0 Å². The molecule has 0 radical (unpaired) electrons. The first kappa shape index (κ1) is 14.3. The molecule has 108 valence electrons. The number of aryl methyl sites for hydroxylation is 1. The molecule has 1 aliphatic carbocycles. The van der Waals surface area contributed by atoms with E-state index in [2.05, 4.69) is 15.6 Å². The molecule has 0 aromatic carbocycles. The lowest BCUT2D eigenvalue weighted by Crippen LogP contribution is -2.42. The van der Waals surface area contributed by atoms with Crippen molar-refractivity contribution in [3.05, 3.63) is 24.0 Å². The number of pyridine rings is 1. The molecule has 1 aromatic heterocycles. The molecule has 0 bridgehead atoms. The van der Waals surface area contributed by atoms with Crippen molar-refractivity contribution in [2.75, 3.05) is 11.9 Å². The van der Waals surface area contributed by atoms with Crippen LogP contribution in [0.15, 0.2) is 18.3 Å². The van der Waals surface area contributed by atoms with E-state index in [0.717, 1.165) is 18.5 Å². The van der Waals surface area contributed by atoms with Crippen molar-refractivity contribution in [1.29, 1.82) is 0 Å². The molecule has 1 saturated carbocycles. The predicted molar refractivity (Wildman–Crippen MR) is 74.5 cm³/mol. The number of hydrogen-bond donors (Lipinski definition) is 3. The number of amides is 2. The summed E-state index contributed by atoms with van der Waals surface area (Å²) in [4.78, 5) is 27.2. The van der Waals surface area contributed by atoms with Crippen LogP contribution in [0.4, 0.5) is 10.5 Å². The summed E-state index contributed by atoms with van der Waals surface area (Å²) in [6, 6.07) is 3.15. The highest BCUT2D eigenvalue weighted by Crippen LogP contribution is 2.37. The standard InChI is InChI=1S/C14H19N3O3/c1-10-4-5-11(8-15-10)17-13(20)16-9-14(12(18)19)6-2-3-7-14/h4-5,8H,2-3,6-7,9H2,1H3,(H,18,19)(H2,16,17,20). The second kappa shape index (κ2) is 5.90. The Morgan fingerprint density at radius 1 is 1.35 bits per heavy atom. The van der Waals surface area contributed by atoms with Crippen LogP contribution in [0.2, 0.25) is 0 Å². The van der Waals surface area contributed by atoms with E-state index in [1.165, 1.54) is 0 Å². The van der Waals surface area contributed by atoms with Crippen molar-refractivity contribution in [1.82, 2.24) is 10.3 Å². The lowest BCUT2D eigenvalue weighted by molar-refractivity contribution is -0.148. The van der Waals surface area contributed by atoms with Gasteiger partial charge in [-0.05, 0) is 31.9 Å². The third kappa shape index (κ3) is 3.26. The zero-order chi connectivity index (χ0) is 14.6. The van der Waals surface area contributed by atoms with Gasteiger partial charge in [0.25, 0.3) is 0 Å². The van der Waals surface area contributed by atoms with Crippen molar-refractivity contribution >= 4 is 17.7 Å². The van der Waals surface area contributed by atoms with E-state index >= 15 is 0 Å². The number of carbonyl (C=O) groups excluding carboxylic acids is 1. The first-order chi connectivity index (χ1) is 9.52. The van der Waals surface area contributed by atoms with E-state index in [0.29, 0.717) is 18.5 Å². The summed E-state index contributed by atoms with van der Waals surface area (Å²) in [5, 5.41) is 14.6. The maximum atomic E-state index is 11.8. The predicted octanol–water partition coefficient (Wildman–Crippen LogP) is 2.16. The molecule has 0 aliphatic heterocycles. The molecule has 1 heterocycles. The molecule has 1 aromatic rings. The summed E-state index contributed by atoms with van der Waals surface area (Å²) >= 11 is 0. The summed E-state index contributed by atoms with van der Waals surface area (Å²) in [6.07, 6.45) is 4.61. The largest absolute Gasteiger partial charge is 0.481 e. The number of carbonyl (C=O) groups is 2. The summed E-state index contributed by atoms with van der Waals surface area (Å²) in [5.41, 5.74) is 0.652. The first-order valence-corrected chi connectivity index (χ1v) is 6.73. The third-order valence-corrected chi connectivity index (χ3v) is 3.77. The van der Waals surface area contributed by atoms with Gasteiger partial charge in [-0.15, -0.1) is 0 Å². The molecular formula is C14H19N3O3. The van der Waals surface area contributed by atoms with Crippen LogP contribution in [0.25, 0.3) is 0 Å². The van der Waals surface area contributed by atoms with Gasteiger partial charge in [0.15, 0.2) is 0 Å². The zero-order valence-electron chi connectivity index (χ0n) is 11.5. The van der Waals surface area contributed by atoms with Crippen molar-refractivity contribution in [3.63, 3.8) is 0 Å². The van der Waals surface area contributed by atoms with Gasteiger partial charge in [-0.2, -0.15) is 0 Å². The third-order valence-electron chi connectivity index (χ3n) is 3.77. The fourth-order valence-corrected chi connectivity index (χ4v) is 2.48. The van der Waals surface area contributed by atoms with E-state index in [1.54, 1.807) is 18.3 Å². The van der Waals surface area contributed by atoms with Gasteiger partial charge in [0.1, 0.15) is 0 Å². The summed E-state index contributed by atoms with van der Waals surface area (Å²) in [7, 11) is 0. The Morgan fingerprint density at radius 3 is 2.60 bits per heavy atom. The summed E-state index contributed by atoms with van der Waals surface area (Å²) in [6.45, 7) is 2.02. The number of urea groups is 1. The fraction of sp³-hybridized carbons (Fsp3) is 0.500. The minimum Gasteiger partial charge on any atom is -0.481 e. The van der Waals surface area contributed by atoms with Gasteiger partial charge in [-0.3, -0.25) is 9.78 Å². The molecule has 0 spiro atoms. The lowest BCUT2D eigenvalue weighted by Gasteiger charge is -2.23. The Labute approximate surface area is 117 Å². The number of aromatic nitrogens is 1. The molecule has 1 aliphatic rings. The van der Waals surface area contributed by atoms with Crippen LogP contribution in [-0.2, 0) is 4.79 Å². The second-order valence-electron chi connectivity index (χ2n) is 5.29. The molecular weight excluding hydrogens is 258 g/mol. The Hall–Kier alpha value is -2.11.